The monoisotopic (exact) mass is 294 g/mol. The molecular formula is C17H18N4O. The number of ether oxygens (including phenoxy) is 1. The van der Waals surface area contributed by atoms with Gasteiger partial charge in [-0.2, -0.15) is 5.26 Å². The van der Waals surface area contributed by atoms with Gasteiger partial charge in [-0.15, -0.1) is 0 Å². The molecule has 0 aliphatic rings. The fourth-order valence-corrected chi connectivity index (χ4v) is 2.89. The molecule has 5 nitrogen and oxygen atoms in total. The van der Waals surface area contributed by atoms with Crippen molar-refractivity contribution in [3.05, 3.63) is 36.2 Å². The van der Waals surface area contributed by atoms with E-state index in [9.17, 15) is 0 Å². The summed E-state index contributed by atoms with van der Waals surface area (Å²) < 4.78 is 7.53. The molecule has 0 amide bonds. The Balaban J connectivity index is 2.26. The molecule has 22 heavy (non-hydrogen) atoms. The first-order valence-corrected chi connectivity index (χ1v) is 7.22. The summed E-state index contributed by atoms with van der Waals surface area (Å²) in [5.74, 6) is 0.812. The van der Waals surface area contributed by atoms with Gasteiger partial charge in [-0.25, -0.2) is 0 Å². The van der Waals surface area contributed by atoms with E-state index in [0.29, 0.717) is 13.0 Å². The molecule has 2 heterocycles. The minimum Gasteiger partial charge on any atom is -0.497 e. The van der Waals surface area contributed by atoms with Crippen molar-refractivity contribution in [2.45, 2.75) is 25.9 Å². The van der Waals surface area contributed by atoms with Crippen LogP contribution in [0.4, 0.5) is 0 Å². The topological polar surface area (TPSA) is 76.9 Å². The fourth-order valence-electron chi connectivity index (χ4n) is 2.89. The standard InChI is InChI=1S/C17H18N4O/c1-11-17-15(5-7-20-11)14-4-3-13(22-2)9-16(14)21(17)8-6-12(19)10-18/h3-5,7,9,12H,6,8,19H2,1-2H3. The van der Waals surface area contributed by atoms with Gasteiger partial charge in [0.25, 0.3) is 0 Å². The summed E-state index contributed by atoms with van der Waals surface area (Å²) in [6.45, 7) is 2.67. The predicted octanol–water partition coefficient (Wildman–Crippen LogP) is 2.75. The highest BCUT2D eigenvalue weighted by Crippen LogP contribution is 2.32. The lowest BCUT2D eigenvalue weighted by atomic mass is 10.1. The zero-order valence-corrected chi connectivity index (χ0v) is 12.7. The van der Waals surface area contributed by atoms with Crippen molar-refractivity contribution in [3.63, 3.8) is 0 Å². The molecule has 0 radical (unpaired) electrons. The second-order valence-electron chi connectivity index (χ2n) is 5.35. The van der Waals surface area contributed by atoms with Crippen molar-refractivity contribution in [3.8, 4) is 11.8 Å². The van der Waals surface area contributed by atoms with Gasteiger partial charge in [0.2, 0.25) is 0 Å². The van der Waals surface area contributed by atoms with E-state index < -0.39 is 6.04 Å². The number of nitriles is 1. The molecule has 1 unspecified atom stereocenters. The van der Waals surface area contributed by atoms with Gasteiger partial charge in [0, 0.05) is 29.6 Å². The first-order chi connectivity index (χ1) is 10.7. The lowest BCUT2D eigenvalue weighted by Crippen LogP contribution is -2.19. The Kier molecular flexibility index (Phi) is 3.70. The zero-order chi connectivity index (χ0) is 15.7. The third kappa shape index (κ3) is 2.28. The third-order valence-corrected chi connectivity index (χ3v) is 3.99. The third-order valence-electron chi connectivity index (χ3n) is 3.99. The summed E-state index contributed by atoms with van der Waals surface area (Å²) in [5, 5.41) is 11.2. The van der Waals surface area contributed by atoms with Gasteiger partial charge in [0.15, 0.2) is 0 Å². The Bertz CT molecular complexity index is 876. The second-order valence-corrected chi connectivity index (χ2v) is 5.35. The first-order valence-electron chi connectivity index (χ1n) is 7.22. The van der Waals surface area contributed by atoms with Crippen LogP contribution in [-0.2, 0) is 6.54 Å². The number of aryl methyl sites for hydroxylation is 2. The van der Waals surface area contributed by atoms with E-state index in [1.165, 1.54) is 0 Å². The van der Waals surface area contributed by atoms with E-state index in [4.69, 9.17) is 15.7 Å². The van der Waals surface area contributed by atoms with Crippen LogP contribution in [0.25, 0.3) is 21.8 Å². The number of nitrogens with two attached hydrogens (primary N) is 1. The van der Waals surface area contributed by atoms with Gasteiger partial charge < -0.3 is 15.0 Å². The van der Waals surface area contributed by atoms with Crippen LogP contribution in [0.3, 0.4) is 0 Å². The van der Waals surface area contributed by atoms with Crippen molar-refractivity contribution < 1.29 is 4.74 Å². The highest BCUT2D eigenvalue weighted by Gasteiger charge is 2.14. The summed E-state index contributed by atoms with van der Waals surface area (Å²) in [7, 11) is 1.66. The summed E-state index contributed by atoms with van der Waals surface area (Å²) in [6.07, 6.45) is 2.42. The molecule has 112 valence electrons. The zero-order valence-electron chi connectivity index (χ0n) is 12.7. The van der Waals surface area contributed by atoms with E-state index in [0.717, 1.165) is 33.2 Å². The average Bonchev–Trinajstić information content (AvgIpc) is 2.87. The molecule has 0 saturated carbocycles. The molecule has 0 aliphatic carbocycles. The number of hydrogen-bond donors (Lipinski definition) is 1. The largest absolute Gasteiger partial charge is 0.497 e. The Morgan fingerprint density at radius 3 is 2.91 bits per heavy atom. The minimum absolute atomic E-state index is 0.463. The predicted molar refractivity (Wildman–Crippen MR) is 86.7 cm³/mol. The van der Waals surface area contributed by atoms with Gasteiger partial charge in [-0.05, 0) is 31.5 Å². The average molecular weight is 294 g/mol. The highest BCUT2D eigenvalue weighted by molar-refractivity contribution is 6.09. The van der Waals surface area contributed by atoms with Gasteiger partial charge in [-0.3, -0.25) is 4.98 Å². The van der Waals surface area contributed by atoms with Gasteiger partial charge >= 0.3 is 0 Å². The van der Waals surface area contributed by atoms with E-state index >= 15 is 0 Å². The van der Waals surface area contributed by atoms with Crippen molar-refractivity contribution >= 4 is 21.8 Å². The Morgan fingerprint density at radius 2 is 2.18 bits per heavy atom. The van der Waals surface area contributed by atoms with Crippen LogP contribution in [0.1, 0.15) is 12.1 Å². The quantitative estimate of drug-likeness (QED) is 0.802. The SMILES string of the molecule is COc1ccc2c3ccnc(C)c3n(CCC(N)C#N)c2c1. The molecule has 0 aliphatic heterocycles. The van der Waals surface area contributed by atoms with Crippen molar-refractivity contribution in [2.24, 2.45) is 5.73 Å². The Hall–Kier alpha value is -2.58. The molecule has 1 aromatic carbocycles. The van der Waals surface area contributed by atoms with Gasteiger partial charge in [0.05, 0.1) is 35.9 Å². The minimum atomic E-state index is -0.463. The molecule has 3 rings (SSSR count). The van der Waals surface area contributed by atoms with Crippen LogP contribution >= 0.6 is 0 Å². The summed E-state index contributed by atoms with van der Waals surface area (Å²) >= 11 is 0. The number of fused-ring (bicyclic) bond motifs is 3. The maximum atomic E-state index is 8.91. The second kappa shape index (κ2) is 5.66. The molecule has 0 saturated heterocycles. The molecule has 0 bridgehead atoms. The van der Waals surface area contributed by atoms with Crippen LogP contribution < -0.4 is 10.5 Å². The maximum absolute atomic E-state index is 8.91. The lowest BCUT2D eigenvalue weighted by Gasteiger charge is -2.10. The van der Waals surface area contributed by atoms with Crippen molar-refractivity contribution in [1.29, 1.82) is 5.26 Å². The fraction of sp³-hybridized carbons (Fsp3) is 0.294. The number of rotatable bonds is 4. The van der Waals surface area contributed by atoms with Crippen LogP contribution in [0.2, 0.25) is 0 Å². The molecular weight excluding hydrogens is 276 g/mol. The van der Waals surface area contributed by atoms with E-state index in [-0.39, 0.29) is 0 Å². The normalized spacial score (nSPS) is 12.5. The molecule has 2 N–H and O–H groups in total. The van der Waals surface area contributed by atoms with Crippen molar-refractivity contribution in [1.82, 2.24) is 9.55 Å². The number of methoxy groups -OCH3 is 1. The number of benzene rings is 1. The number of pyridine rings is 1. The van der Waals surface area contributed by atoms with Crippen LogP contribution in [0.15, 0.2) is 30.5 Å². The first kappa shape index (κ1) is 14.4. The summed E-state index contributed by atoms with van der Waals surface area (Å²) in [6, 6.07) is 9.70. The maximum Gasteiger partial charge on any atom is 0.120 e. The van der Waals surface area contributed by atoms with Crippen molar-refractivity contribution in [2.75, 3.05) is 7.11 Å². The van der Waals surface area contributed by atoms with E-state index in [2.05, 4.69) is 21.7 Å². The molecule has 0 fully saturated rings. The van der Waals surface area contributed by atoms with E-state index in [1.807, 2.05) is 31.3 Å². The van der Waals surface area contributed by atoms with Gasteiger partial charge in [0.1, 0.15) is 5.75 Å². The van der Waals surface area contributed by atoms with Crippen LogP contribution in [0.5, 0.6) is 5.75 Å². The summed E-state index contributed by atoms with van der Waals surface area (Å²) in [4.78, 5) is 4.40. The number of aromatic nitrogens is 2. The molecule has 3 aromatic rings. The molecule has 1 atom stereocenters. The highest BCUT2D eigenvalue weighted by atomic mass is 16.5. The summed E-state index contributed by atoms with van der Waals surface area (Å²) in [5.41, 5.74) is 8.90. The Morgan fingerprint density at radius 1 is 1.36 bits per heavy atom. The molecule has 5 heteroatoms. The van der Waals surface area contributed by atoms with E-state index in [1.54, 1.807) is 7.11 Å². The number of hydrogen-bond acceptors (Lipinski definition) is 4. The lowest BCUT2D eigenvalue weighted by molar-refractivity contribution is 0.415. The van der Waals surface area contributed by atoms with Crippen LogP contribution in [-0.4, -0.2) is 22.7 Å². The Labute approximate surface area is 128 Å². The number of nitrogens with zero attached hydrogens (tertiary/aromatic N) is 3. The molecule has 2 aromatic heterocycles. The van der Waals surface area contributed by atoms with Crippen LogP contribution in [0, 0.1) is 18.3 Å². The smallest absolute Gasteiger partial charge is 0.120 e. The van der Waals surface area contributed by atoms with Gasteiger partial charge in [-0.1, -0.05) is 0 Å². The molecule has 0 spiro atoms.